The van der Waals surface area contributed by atoms with Crippen molar-refractivity contribution in [3.63, 3.8) is 0 Å². The number of aromatic amines is 1. The van der Waals surface area contributed by atoms with Crippen LogP contribution in [0.2, 0.25) is 0 Å². The lowest BCUT2D eigenvalue weighted by Gasteiger charge is -2.23. The molecule has 2 aromatic heterocycles. The molecule has 26 heavy (non-hydrogen) atoms. The van der Waals surface area contributed by atoms with Crippen LogP contribution in [-0.4, -0.2) is 39.0 Å². The molecule has 138 valence electrons. The molecule has 7 nitrogen and oxygen atoms in total. The highest BCUT2D eigenvalue weighted by atomic mass is 32.1. The second-order valence-corrected chi connectivity index (χ2v) is 8.10. The van der Waals surface area contributed by atoms with Gasteiger partial charge in [-0.2, -0.15) is 9.37 Å². The molecule has 0 saturated carbocycles. The number of halogens is 1. The van der Waals surface area contributed by atoms with E-state index in [4.69, 9.17) is 4.74 Å². The normalized spacial score (nSPS) is 24.7. The number of hydrogen-bond acceptors (Lipinski definition) is 6. The number of hydrogen-bond donors (Lipinski definition) is 2. The summed E-state index contributed by atoms with van der Waals surface area (Å²) in [4.78, 5) is 31.7. The van der Waals surface area contributed by atoms with Crippen molar-refractivity contribution in [1.82, 2.24) is 14.9 Å². The number of fused-ring (bicyclic) bond motifs is 1. The molecule has 1 spiro atoms. The average Bonchev–Trinajstić information content (AvgIpc) is 3.15. The quantitative estimate of drug-likeness (QED) is 0.852. The molecule has 0 aromatic carbocycles. The fourth-order valence-corrected chi connectivity index (χ4v) is 4.76. The van der Waals surface area contributed by atoms with E-state index in [-0.39, 0.29) is 28.2 Å². The number of aromatic nitrogens is 2. The number of ether oxygens (including phenoxy) is 1. The Morgan fingerprint density at radius 3 is 3.19 bits per heavy atom. The van der Waals surface area contributed by atoms with Crippen LogP contribution in [0.5, 0.6) is 5.75 Å². The fraction of sp³-hybridized carbons (Fsp3) is 0.471. The van der Waals surface area contributed by atoms with Crippen molar-refractivity contribution in [1.29, 1.82) is 0 Å². The smallest absolute Gasteiger partial charge is 0.248 e. The first-order chi connectivity index (χ1) is 12.3. The number of amides is 1. The number of anilines is 1. The molecular weight excluding hydrogens is 359 g/mol. The molecule has 1 saturated heterocycles. The summed E-state index contributed by atoms with van der Waals surface area (Å²) < 4.78 is 20.3. The number of nitrogens with one attached hydrogen (secondary N) is 2. The summed E-state index contributed by atoms with van der Waals surface area (Å²) in [7, 11) is 0. The van der Waals surface area contributed by atoms with Gasteiger partial charge in [0.2, 0.25) is 17.4 Å². The van der Waals surface area contributed by atoms with Crippen LogP contribution in [0.3, 0.4) is 0 Å². The molecule has 9 heteroatoms. The van der Waals surface area contributed by atoms with Gasteiger partial charge >= 0.3 is 0 Å². The highest BCUT2D eigenvalue weighted by Gasteiger charge is 2.48. The molecule has 2 aromatic rings. The lowest BCUT2D eigenvalue weighted by Crippen LogP contribution is -2.37. The van der Waals surface area contributed by atoms with Crippen LogP contribution < -0.4 is 15.6 Å². The van der Waals surface area contributed by atoms with Gasteiger partial charge < -0.3 is 15.0 Å². The largest absolute Gasteiger partial charge is 0.484 e. The predicted molar refractivity (Wildman–Crippen MR) is 95.0 cm³/mol. The maximum absolute atomic E-state index is 14.1. The Hall–Kier alpha value is -2.26. The van der Waals surface area contributed by atoms with Gasteiger partial charge in [0.15, 0.2) is 5.13 Å². The van der Waals surface area contributed by atoms with Crippen molar-refractivity contribution < 1.29 is 13.9 Å². The van der Waals surface area contributed by atoms with Crippen LogP contribution in [0.1, 0.15) is 30.7 Å². The third kappa shape index (κ3) is 3.12. The Kier molecular flexibility index (Phi) is 4.07. The number of rotatable bonds is 3. The number of H-pyrrole nitrogens is 1. The SMILES string of the molecule is CC(=O)Nc1nc(F)c(CN2C[C@@]3(Cc4cc(=O)[nH]cc4O3)C[C@@H]2C)s1. The number of carbonyl (C=O) groups excluding carboxylic acids is 1. The summed E-state index contributed by atoms with van der Waals surface area (Å²) in [5, 5.41) is 2.79. The Balaban J connectivity index is 1.49. The van der Waals surface area contributed by atoms with Gasteiger partial charge in [0.05, 0.1) is 4.88 Å². The highest BCUT2D eigenvalue weighted by molar-refractivity contribution is 7.15. The zero-order chi connectivity index (χ0) is 18.5. The Morgan fingerprint density at radius 1 is 1.62 bits per heavy atom. The van der Waals surface area contributed by atoms with E-state index in [9.17, 15) is 14.0 Å². The molecule has 0 unspecified atom stereocenters. The molecule has 2 atom stereocenters. The topological polar surface area (TPSA) is 87.3 Å². The number of thiazole rings is 1. The lowest BCUT2D eigenvalue weighted by molar-refractivity contribution is -0.114. The van der Waals surface area contributed by atoms with E-state index in [1.165, 1.54) is 6.92 Å². The number of pyridine rings is 1. The summed E-state index contributed by atoms with van der Waals surface area (Å²) in [6.45, 7) is 4.50. The van der Waals surface area contributed by atoms with Crippen molar-refractivity contribution >= 4 is 22.4 Å². The van der Waals surface area contributed by atoms with E-state index in [2.05, 4.69) is 27.1 Å². The van der Waals surface area contributed by atoms with E-state index in [0.717, 1.165) is 29.1 Å². The minimum absolute atomic E-state index is 0.135. The van der Waals surface area contributed by atoms with Crippen LogP contribution in [0, 0.1) is 5.95 Å². The van der Waals surface area contributed by atoms with Gasteiger partial charge in [0.1, 0.15) is 11.4 Å². The molecule has 0 aliphatic carbocycles. The first kappa shape index (κ1) is 17.2. The minimum atomic E-state index is -0.548. The Labute approximate surface area is 153 Å². The maximum Gasteiger partial charge on any atom is 0.248 e. The number of carbonyl (C=O) groups is 1. The van der Waals surface area contributed by atoms with Crippen LogP contribution in [0.25, 0.3) is 0 Å². The Bertz CT molecular complexity index is 927. The molecule has 4 heterocycles. The van der Waals surface area contributed by atoms with Crippen LogP contribution in [0.4, 0.5) is 9.52 Å². The zero-order valence-corrected chi connectivity index (χ0v) is 15.3. The number of likely N-dealkylation sites (tertiary alicyclic amines) is 1. The first-order valence-corrected chi connectivity index (χ1v) is 9.23. The highest BCUT2D eigenvalue weighted by Crippen LogP contribution is 2.42. The minimum Gasteiger partial charge on any atom is -0.484 e. The molecule has 4 rings (SSSR count). The standard InChI is InChI=1S/C17H19FN4O3S/c1-9-4-17(5-11-3-14(24)19-6-12(11)25-17)8-22(9)7-13-15(18)21-16(26-13)20-10(2)23/h3,6,9H,4-5,7-8H2,1-2H3,(H,19,24)(H,20,21,23)/t9-,17-/m0/s1. The summed E-state index contributed by atoms with van der Waals surface area (Å²) in [5.41, 5.74) is 0.398. The van der Waals surface area contributed by atoms with Crippen LogP contribution >= 0.6 is 11.3 Å². The third-order valence-corrected chi connectivity index (χ3v) is 5.80. The zero-order valence-electron chi connectivity index (χ0n) is 14.5. The summed E-state index contributed by atoms with van der Waals surface area (Å²) >= 11 is 1.15. The predicted octanol–water partition coefficient (Wildman–Crippen LogP) is 1.90. The molecule has 2 aliphatic rings. The van der Waals surface area contributed by atoms with Crippen LogP contribution in [-0.2, 0) is 17.8 Å². The molecule has 0 radical (unpaired) electrons. The van der Waals surface area contributed by atoms with Gasteiger partial charge in [0, 0.05) is 56.7 Å². The van der Waals surface area contributed by atoms with Gasteiger partial charge in [-0.25, -0.2) is 0 Å². The second-order valence-electron chi connectivity index (χ2n) is 7.02. The van der Waals surface area contributed by atoms with Gasteiger partial charge in [-0.15, -0.1) is 0 Å². The van der Waals surface area contributed by atoms with E-state index >= 15 is 0 Å². The van der Waals surface area contributed by atoms with E-state index in [0.29, 0.717) is 24.4 Å². The van der Waals surface area contributed by atoms with E-state index in [1.54, 1.807) is 12.3 Å². The molecule has 1 amide bonds. The van der Waals surface area contributed by atoms with Crippen molar-refractivity contribution in [3.05, 3.63) is 39.0 Å². The molecular formula is C17H19FN4O3S. The maximum atomic E-state index is 14.1. The van der Waals surface area contributed by atoms with Crippen LogP contribution in [0.15, 0.2) is 17.1 Å². The second kappa shape index (κ2) is 6.17. The van der Waals surface area contributed by atoms with Crippen molar-refractivity contribution in [2.75, 3.05) is 11.9 Å². The van der Waals surface area contributed by atoms with Crippen molar-refractivity contribution in [2.45, 2.75) is 44.9 Å². The van der Waals surface area contributed by atoms with Gasteiger partial charge in [-0.3, -0.25) is 14.5 Å². The van der Waals surface area contributed by atoms with Crippen molar-refractivity contribution in [3.8, 4) is 5.75 Å². The van der Waals surface area contributed by atoms with Gasteiger partial charge in [0.25, 0.3) is 0 Å². The van der Waals surface area contributed by atoms with Gasteiger partial charge in [-0.1, -0.05) is 11.3 Å². The van der Waals surface area contributed by atoms with E-state index < -0.39 is 5.95 Å². The lowest BCUT2D eigenvalue weighted by atomic mass is 9.95. The Morgan fingerprint density at radius 2 is 2.42 bits per heavy atom. The van der Waals surface area contributed by atoms with Gasteiger partial charge in [-0.05, 0) is 6.92 Å². The fourth-order valence-electron chi connectivity index (χ4n) is 3.84. The monoisotopic (exact) mass is 378 g/mol. The van der Waals surface area contributed by atoms with Crippen molar-refractivity contribution in [2.24, 2.45) is 0 Å². The molecule has 2 N–H and O–H groups in total. The summed E-state index contributed by atoms with van der Waals surface area (Å²) in [6, 6.07) is 1.78. The third-order valence-electron chi connectivity index (χ3n) is 4.87. The summed E-state index contributed by atoms with van der Waals surface area (Å²) in [6.07, 6.45) is 3.09. The summed E-state index contributed by atoms with van der Waals surface area (Å²) in [5.74, 6) is -0.103. The molecule has 2 aliphatic heterocycles. The number of nitrogens with zero attached hydrogens (tertiary/aromatic N) is 2. The average molecular weight is 378 g/mol. The first-order valence-electron chi connectivity index (χ1n) is 8.41. The molecule has 1 fully saturated rings. The molecule has 0 bridgehead atoms. The van der Waals surface area contributed by atoms with E-state index in [1.807, 2.05) is 0 Å².